The van der Waals surface area contributed by atoms with Crippen LogP contribution >= 0.6 is 0 Å². The molecule has 0 saturated heterocycles. The minimum absolute atomic E-state index is 0.192. The van der Waals surface area contributed by atoms with Crippen LogP contribution in [0.3, 0.4) is 0 Å². The Labute approximate surface area is 80.3 Å². The Morgan fingerprint density at radius 1 is 1.62 bits per heavy atom. The highest BCUT2D eigenvalue weighted by molar-refractivity contribution is 5.92. The van der Waals surface area contributed by atoms with Gasteiger partial charge in [0.25, 0.3) is 5.91 Å². The predicted octanol–water partition coefficient (Wildman–Crippen LogP) is 1.66. The number of amides is 1. The van der Waals surface area contributed by atoms with Gasteiger partial charge in [-0.3, -0.25) is 4.79 Å². The number of hydrogen-bond acceptors (Lipinski definition) is 1. The number of hydrogen-bond donors (Lipinski definition) is 0. The van der Waals surface area contributed by atoms with E-state index in [4.69, 9.17) is 6.42 Å². The second-order valence-corrected chi connectivity index (χ2v) is 4.62. The van der Waals surface area contributed by atoms with E-state index in [1.54, 1.807) is 11.9 Å². The van der Waals surface area contributed by atoms with Crippen molar-refractivity contribution in [3.05, 3.63) is 0 Å². The fourth-order valence-corrected chi connectivity index (χ4v) is 2.00. The first kappa shape index (κ1) is 10.1. The zero-order chi connectivity index (χ0) is 10.1. The van der Waals surface area contributed by atoms with Crippen molar-refractivity contribution in [3.63, 3.8) is 0 Å². The van der Waals surface area contributed by atoms with E-state index < -0.39 is 0 Å². The summed E-state index contributed by atoms with van der Waals surface area (Å²) in [6.45, 7) is 4.47. The highest BCUT2D eigenvalue weighted by Crippen LogP contribution is 2.38. The third kappa shape index (κ3) is 2.24. The van der Waals surface area contributed by atoms with Crippen LogP contribution in [0.2, 0.25) is 0 Å². The minimum atomic E-state index is -0.192. The molecule has 1 unspecified atom stereocenters. The Bertz CT molecular complexity index is 249. The summed E-state index contributed by atoms with van der Waals surface area (Å²) in [7, 11) is 1.80. The highest BCUT2D eigenvalue weighted by atomic mass is 16.2. The molecular formula is C11H17NO. The Morgan fingerprint density at radius 2 is 2.23 bits per heavy atom. The molecule has 0 N–H and O–H groups in total. The van der Waals surface area contributed by atoms with Crippen LogP contribution in [0, 0.1) is 17.8 Å². The molecule has 1 aliphatic rings. The standard InChI is InChI=1S/C11H17NO/c1-5-10(13)12(4)9-6-7-11(2,3)8-9/h1,9H,6-8H2,2-4H3. The van der Waals surface area contributed by atoms with E-state index in [0.29, 0.717) is 11.5 Å². The van der Waals surface area contributed by atoms with Gasteiger partial charge in [-0.15, -0.1) is 6.42 Å². The van der Waals surface area contributed by atoms with Crippen LogP contribution in [0.5, 0.6) is 0 Å². The van der Waals surface area contributed by atoms with Gasteiger partial charge in [-0.2, -0.15) is 0 Å². The van der Waals surface area contributed by atoms with Crippen LogP contribution in [0.4, 0.5) is 0 Å². The summed E-state index contributed by atoms with van der Waals surface area (Å²) in [5, 5.41) is 0. The molecule has 0 aromatic heterocycles. The molecule has 1 atom stereocenters. The van der Waals surface area contributed by atoms with E-state index in [1.807, 2.05) is 0 Å². The summed E-state index contributed by atoms with van der Waals surface area (Å²) in [6.07, 6.45) is 8.39. The van der Waals surface area contributed by atoms with Crippen molar-refractivity contribution in [1.29, 1.82) is 0 Å². The zero-order valence-corrected chi connectivity index (χ0v) is 8.63. The van der Waals surface area contributed by atoms with Gasteiger partial charge < -0.3 is 4.90 Å². The highest BCUT2D eigenvalue weighted by Gasteiger charge is 2.34. The Balaban J connectivity index is 2.57. The van der Waals surface area contributed by atoms with Gasteiger partial charge >= 0.3 is 0 Å². The van der Waals surface area contributed by atoms with Gasteiger partial charge in [0, 0.05) is 13.1 Å². The molecule has 1 aliphatic carbocycles. The molecule has 0 spiro atoms. The molecule has 72 valence electrons. The smallest absolute Gasteiger partial charge is 0.298 e. The fourth-order valence-electron chi connectivity index (χ4n) is 2.00. The van der Waals surface area contributed by atoms with Crippen molar-refractivity contribution < 1.29 is 4.79 Å². The molecule has 0 aromatic carbocycles. The lowest BCUT2D eigenvalue weighted by Gasteiger charge is -2.24. The number of terminal acetylenes is 1. The van der Waals surface area contributed by atoms with Crippen LogP contribution < -0.4 is 0 Å². The maximum Gasteiger partial charge on any atom is 0.298 e. The Kier molecular flexibility index (Phi) is 2.66. The van der Waals surface area contributed by atoms with Gasteiger partial charge in [-0.1, -0.05) is 13.8 Å². The molecule has 13 heavy (non-hydrogen) atoms. The van der Waals surface area contributed by atoms with Gasteiger partial charge in [0.1, 0.15) is 0 Å². The molecule has 2 heteroatoms. The summed E-state index contributed by atoms with van der Waals surface area (Å²) in [4.78, 5) is 12.9. The van der Waals surface area contributed by atoms with Gasteiger partial charge in [0.05, 0.1) is 0 Å². The average molecular weight is 179 g/mol. The van der Waals surface area contributed by atoms with Crippen molar-refractivity contribution in [1.82, 2.24) is 4.90 Å². The predicted molar refractivity (Wildman–Crippen MR) is 53.0 cm³/mol. The van der Waals surface area contributed by atoms with Crippen LogP contribution in [0.25, 0.3) is 0 Å². The second-order valence-electron chi connectivity index (χ2n) is 4.62. The molecule has 0 bridgehead atoms. The number of carbonyl (C=O) groups is 1. The topological polar surface area (TPSA) is 20.3 Å². The zero-order valence-electron chi connectivity index (χ0n) is 8.63. The minimum Gasteiger partial charge on any atom is -0.332 e. The van der Waals surface area contributed by atoms with Crippen molar-refractivity contribution in [2.75, 3.05) is 7.05 Å². The quantitative estimate of drug-likeness (QED) is 0.560. The van der Waals surface area contributed by atoms with Gasteiger partial charge in [-0.25, -0.2) is 0 Å². The van der Waals surface area contributed by atoms with Crippen molar-refractivity contribution in [2.45, 2.75) is 39.2 Å². The summed E-state index contributed by atoms with van der Waals surface area (Å²) >= 11 is 0. The summed E-state index contributed by atoms with van der Waals surface area (Å²) in [5.41, 5.74) is 0.369. The molecule has 1 saturated carbocycles. The van der Waals surface area contributed by atoms with Crippen molar-refractivity contribution >= 4 is 5.91 Å². The van der Waals surface area contributed by atoms with E-state index >= 15 is 0 Å². The Hall–Kier alpha value is -0.970. The summed E-state index contributed by atoms with van der Waals surface area (Å²) < 4.78 is 0. The molecular weight excluding hydrogens is 162 g/mol. The van der Waals surface area contributed by atoms with Crippen molar-refractivity contribution in [3.8, 4) is 12.3 Å². The molecule has 1 rings (SSSR count). The van der Waals surface area contributed by atoms with Crippen LogP contribution in [0.15, 0.2) is 0 Å². The first-order valence-corrected chi connectivity index (χ1v) is 4.70. The van der Waals surface area contributed by atoms with E-state index in [9.17, 15) is 4.79 Å². The van der Waals surface area contributed by atoms with Crippen LogP contribution in [-0.4, -0.2) is 23.9 Å². The third-order valence-electron chi connectivity index (χ3n) is 2.93. The molecule has 2 nitrogen and oxygen atoms in total. The van der Waals surface area contributed by atoms with E-state index in [0.717, 1.165) is 12.8 Å². The van der Waals surface area contributed by atoms with Crippen LogP contribution in [0.1, 0.15) is 33.1 Å². The van der Waals surface area contributed by atoms with Gasteiger partial charge in [0.2, 0.25) is 0 Å². The maximum atomic E-state index is 11.2. The molecule has 0 aromatic rings. The second kappa shape index (κ2) is 3.41. The third-order valence-corrected chi connectivity index (χ3v) is 2.93. The number of rotatable bonds is 1. The fraction of sp³-hybridized carbons (Fsp3) is 0.727. The monoisotopic (exact) mass is 179 g/mol. The first-order valence-electron chi connectivity index (χ1n) is 4.70. The summed E-state index contributed by atoms with van der Waals surface area (Å²) in [6, 6.07) is 0.346. The van der Waals surface area contributed by atoms with Crippen molar-refractivity contribution in [2.24, 2.45) is 5.41 Å². The molecule has 1 amide bonds. The first-order chi connectivity index (χ1) is 5.96. The summed E-state index contributed by atoms with van der Waals surface area (Å²) in [5.74, 6) is 1.96. The van der Waals surface area contributed by atoms with Gasteiger partial charge in [0.15, 0.2) is 0 Å². The number of carbonyl (C=O) groups excluding carboxylic acids is 1. The maximum absolute atomic E-state index is 11.2. The molecule has 0 aliphatic heterocycles. The molecule has 0 heterocycles. The lowest BCUT2D eigenvalue weighted by Crippen LogP contribution is -2.34. The van der Waals surface area contributed by atoms with E-state index in [-0.39, 0.29) is 5.91 Å². The Morgan fingerprint density at radius 3 is 2.62 bits per heavy atom. The molecule has 1 fully saturated rings. The lowest BCUT2D eigenvalue weighted by molar-refractivity contribution is -0.125. The number of nitrogens with zero attached hydrogens (tertiary/aromatic N) is 1. The average Bonchev–Trinajstić information content (AvgIpc) is 2.43. The SMILES string of the molecule is C#CC(=O)N(C)C1CCC(C)(C)C1. The van der Waals surface area contributed by atoms with E-state index in [2.05, 4.69) is 19.8 Å². The van der Waals surface area contributed by atoms with Gasteiger partial charge in [-0.05, 0) is 30.6 Å². The largest absolute Gasteiger partial charge is 0.332 e. The lowest BCUT2D eigenvalue weighted by atomic mass is 9.91. The normalized spacial score (nSPS) is 25.2. The molecule has 0 radical (unpaired) electrons. The van der Waals surface area contributed by atoms with Crippen LogP contribution in [-0.2, 0) is 4.79 Å². The van der Waals surface area contributed by atoms with E-state index in [1.165, 1.54) is 6.42 Å².